The van der Waals surface area contributed by atoms with Gasteiger partial charge in [0.05, 0.1) is 5.02 Å². The fraction of sp³-hybridized carbons (Fsp3) is 0.0625. The van der Waals surface area contributed by atoms with Gasteiger partial charge in [0.2, 0.25) is 5.24 Å². The van der Waals surface area contributed by atoms with E-state index in [0.717, 1.165) is 15.6 Å². The van der Waals surface area contributed by atoms with Gasteiger partial charge in [0.25, 0.3) is 0 Å². The van der Waals surface area contributed by atoms with E-state index < -0.39 is 5.24 Å². The Morgan fingerprint density at radius 1 is 1.24 bits per heavy atom. The minimum atomic E-state index is -0.527. The normalized spacial score (nSPS) is 10.8. The number of hydrogen-bond acceptors (Lipinski definition) is 2. The van der Waals surface area contributed by atoms with Gasteiger partial charge in [0, 0.05) is 4.47 Å². The van der Waals surface area contributed by atoms with E-state index in [-0.39, 0.29) is 0 Å². The van der Waals surface area contributed by atoms with E-state index in [1.807, 2.05) is 24.3 Å². The van der Waals surface area contributed by atoms with E-state index in [1.165, 1.54) is 6.08 Å². The van der Waals surface area contributed by atoms with E-state index in [4.69, 9.17) is 27.9 Å². The minimum absolute atomic E-state index is 0.425. The van der Waals surface area contributed by atoms with Crippen molar-refractivity contribution in [2.24, 2.45) is 0 Å². The molecular weight excluding hydrogens is 375 g/mol. The summed E-state index contributed by atoms with van der Waals surface area (Å²) in [5.74, 6) is 0.589. The van der Waals surface area contributed by atoms with Crippen LogP contribution in [-0.4, -0.2) is 5.24 Å². The van der Waals surface area contributed by atoms with Crippen molar-refractivity contribution in [2.75, 3.05) is 0 Å². The van der Waals surface area contributed by atoms with Gasteiger partial charge in [-0.3, -0.25) is 4.79 Å². The number of allylic oxidation sites excluding steroid dienone is 1. The monoisotopic (exact) mass is 384 g/mol. The van der Waals surface area contributed by atoms with Crippen molar-refractivity contribution in [3.05, 3.63) is 69.2 Å². The molecule has 0 N–H and O–H groups in total. The molecule has 0 saturated heterocycles. The maximum atomic E-state index is 10.7. The SMILES string of the molecule is O=C(Cl)/C=C/c1ccc(OCc2cccc(Br)c2)c(Cl)c1. The molecule has 0 fully saturated rings. The fourth-order valence-corrected chi connectivity index (χ4v) is 2.44. The topological polar surface area (TPSA) is 26.3 Å². The van der Waals surface area contributed by atoms with Crippen LogP contribution in [-0.2, 0) is 11.4 Å². The Balaban J connectivity index is 2.06. The first kappa shape index (κ1) is 16.1. The van der Waals surface area contributed by atoms with Crippen molar-refractivity contribution in [3.63, 3.8) is 0 Å². The van der Waals surface area contributed by atoms with Crippen LogP contribution in [0.1, 0.15) is 11.1 Å². The highest BCUT2D eigenvalue weighted by atomic mass is 79.9. The smallest absolute Gasteiger partial charge is 0.245 e. The summed E-state index contributed by atoms with van der Waals surface area (Å²) in [5, 5.41) is -0.0460. The quantitative estimate of drug-likeness (QED) is 0.504. The minimum Gasteiger partial charge on any atom is -0.487 e. The second-order valence-electron chi connectivity index (χ2n) is 4.25. The van der Waals surface area contributed by atoms with Crippen LogP contribution in [0, 0.1) is 0 Å². The Bertz CT molecular complexity index is 684. The van der Waals surface area contributed by atoms with E-state index in [1.54, 1.807) is 24.3 Å². The summed E-state index contributed by atoms with van der Waals surface area (Å²) in [7, 11) is 0. The highest BCUT2D eigenvalue weighted by molar-refractivity contribution is 9.10. The Hall–Kier alpha value is -1.29. The first-order valence-corrected chi connectivity index (χ1v) is 7.64. The van der Waals surface area contributed by atoms with E-state index in [9.17, 15) is 4.79 Å². The average Bonchev–Trinajstić information content (AvgIpc) is 2.44. The third-order valence-corrected chi connectivity index (χ3v) is 3.56. The summed E-state index contributed by atoms with van der Waals surface area (Å²) in [6, 6.07) is 13.1. The lowest BCUT2D eigenvalue weighted by atomic mass is 10.2. The number of rotatable bonds is 5. The summed E-state index contributed by atoms with van der Waals surface area (Å²) in [6.45, 7) is 0.425. The molecular formula is C16H11BrCl2O2. The summed E-state index contributed by atoms with van der Waals surface area (Å²) in [6.07, 6.45) is 2.87. The highest BCUT2D eigenvalue weighted by Gasteiger charge is 2.03. The molecule has 0 aliphatic carbocycles. The zero-order chi connectivity index (χ0) is 15.2. The van der Waals surface area contributed by atoms with Gasteiger partial charge in [-0.15, -0.1) is 0 Å². The van der Waals surface area contributed by atoms with Gasteiger partial charge in [0.15, 0.2) is 0 Å². The average molecular weight is 386 g/mol. The molecule has 2 aromatic carbocycles. The van der Waals surface area contributed by atoms with Gasteiger partial charge in [-0.1, -0.05) is 51.8 Å². The van der Waals surface area contributed by atoms with Crippen molar-refractivity contribution in [2.45, 2.75) is 6.61 Å². The van der Waals surface area contributed by atoms with Crippen molar-refractivity contribution in [3.8, 4) is 5.75 Å². The molecule has 2 nitrogen and oxygen atoms in total. The van der Waals surface area contributed by atoms with E-state index in [0.29, 0.717) is 17.4 Å². The lowest BCUT2D eigenvalue weighted by Gasteiger charge is -2.09. The maximum Gasteiger partial charge on any atom is 0.245 e. The van der Waals surface area contributed by atoms with Crippen LogP contribution >= 0.6 is 39.1 Å². The maximum absolute atomic E-state index is 10.7. The van der Waals surface area contributed by atoms with Crippen LogP contribution in [0.5, 0.6) is 5.75 Å². The Morgan fingerprint density at radius 2 is 2.05 bits per heavy atom. The number of carbonyl (C=O) groups is 1. The van der Waals surface area contributed by atoms with Gasteiger partial charge < -0.3 is 4.74 Å². The van der Waals surface area contributed by atoms with Crippen LogP contribution in [0.15, 0.2) is 53.0 Å². The third-order valence-electron chi connectivity index (χ3n) is 2.65. The van der Waals surface area contributed by atoms with Crippen molar-refractivity contribution in [1.29, 1.82) is 0 Å². The fourth-order valence-electron chi connectivity index (χ4n) is 1.69. The second-order valence-corrected chi connectivity index (χ2v) is 5.94. The van der Waals surface area contributed by atoms with Gasteiger partial charge in [-0.05, 0) is 53.1 Å². The molecule has 0 aliphatic rings. The Labute approximate surface area is 141 Å². The van der Waals surface area contributed by atoms with Crippen LogP contribution in [0.3, 0.4) is 0 Å². The van der Waals surface area contributed by atoms with E-state index >= 15 is 0 Å². The molecule has 2 rings (SSSR count). The number of halogens is 3. The molecule has 0 unspecified atom stereocenters. The Kier molecular flexibility index (Phi) is 5.85. The van der Waals surface area contributed by atoms with Crippen molar-refractivity contribution in [1.82, 2.24) is 0 Å². The number of carbonyl (C=O) groups excluding carboxylic acids is 1. The summed E-state index contributed by atoms with van der Waals surface area (Å²) in [5.41, 5.74) is 1.82. The molecule has 21 heavy (non-hydrogen) atoms. The van der Waals surface area contributed by atoms with Crippen LogP contribution in [0.4, 0.5) is 0 Å². The largest absolute Gasteiger partial charge is 0.487 e. The molecule has 2 aromatic rings. The van der Waals surface area contributed by atoms with Gasteiger partial charge in [-0.25, -0.2) is 0 Å². The first-order chi connectivity index (χ1) is 10.0. The molecule has 0 bridgehead atoms. The molecule has 0 spiro atoms. The van der Waals surface area contributed by atoms with Crippen LogP contribution in [0.2, 0.25) is 5.02 Å². The van der Waals surface area contributed by atoms with Gasteiger partial charge in [-0.2, -0.15) is 0 Å². The standard InChI is InChI=1S/C16H11BrCl2O2/c17-13-3-1-2-12(8-13)10-21-15-6-4-11(9-14(15)18)5-7-16(19)20/h1-9H,10H2/b7-5+. The van der Waals surface area contributed by atoms with Gasteiger partial charge in [0.1, 0.15) is 12.4 Å². The Morgan fingerprint density at radius 3 is 2.71 bits per heavy atom. The molecule has 0 radical (unpaired) electrons. The predicted octanol–water partition coefficient (Wildman–Crippen LogP) is 5.46. The highest BCUT2D eigenvalue weighted by Crippen LogP contribution is 2.27. The lowest BCUT2D eigenvalue weighted by molar-refractivity contribution is -0.107. The number of benzene rings is 2. The van der Waals surface area contributed by atoms with Gasteiger partial charge >= 0.3 is 0 Å². The zero-order valence-electron chi connectivity index (χ0n) is 10.9. The molecule has 0 atom stereocenters. The van der Waals surface area contributed by atoms with Crippen LogP contribution in [0.25, 0.3) is 6.08 Å². The summed E-state index contributed by atoms with van der Waals surface area (Å²) < 4.78 is 6.69. The zero-order valence-corrected chi connectivity index (χ0v) is 14.0. The molecule has 108 valence electrons. The van der Waals surface area contributed by atoms with E-state index in [2.05, 4.69) is 15.9 Å². The third kappa shape index (κ3) is 5.20. The summed E-state index contributed by atoms with van der Waals surface area (Å²) >= 11 is 14.8. The second kappa shape index (κ2) is 7.64. The van der Waals surface area contributed by atoms with Crippen molar-refractivity contribution < 1.29 is 9.53 Å². The van der Waals surface area contributed by atoms with Crippen LogP contribution < -0.4 is 4.74 Å². The molecule has 5 heteroatoms. The predicted molar refractivity (Wildman–Crippen MR) is 89.8 cm³/mol. The molecule has 0 heterocycles. The molecule has 0 saturated carbocycles. The number of hydrogen-bond donors (Lipinski definition) is 0. The number of ether oxygens (including phenoxy) is 1. The molecule has 0 amide bonds. The lowest BCUT2D eigenvalue weighted by Crippen LogP contribution is -1.96. The molecule has 0 aromatic heterocycles. The summed E-state index contributed by atoms with van der Waals surface area (Å²) in [4.78, 5) is 10.7. The first-order valence-electron chi connectivity index (χ1n) is 6.09. The molecule has 0 aliphatic heterocycles. The van der Waals surface area contributed by atoms with Crippen molar-refractivity contribution >= 4 is 50.5 Å².